The lowest BCUT2D eigenvalue weighted by Gasteiger charge is -2.29. The van der Waals surface area contributed by atoms with Crippen molar-refractivity contribution in [2.75, 3.05) is 26.2 Å². The van der Waals surface area contributed by atoms with Crippen molar-refractivity contribution in [1.29, 1.82) is 0 Å². The Morgan fingerprint density at radius 1 is 0.452 bits per heavy atom. The molecule has 714 valence electrons. The van der Waals surface area contributed by atoms with Crippen molar-refractivity contribution in [3.63, 3.8) is 0 Å². The third-order valence-corrected chi connectivity index (χ3v) is 29.2. The van der Waals surface area contributed by atoms with Gasteiger partial charge in [0, 0.05) is 95.2 Å². The predicted molar refractivity (Wildman–Crippen MR) is 513 cm³/mol. The number of carbonyl (C=O) groups excluding carboxylic acids is 8. The molecule has 0 radical (unpaired) electrons. The molecule has 0 bridgehead atoms. The summed E-state index contributed by atoms with van der Waals surface area (Å²) in [6.07, 6.45) is 4.78. The highest BCUT2D eigenvalue weighted by molar-refractivity contribution is 7.14. The highest BCUT2D eigenvalue weighted by Crippen LogP contribution is 2.39. The van der Waals surface area contributed by atoms with Crippen LogP contribution in [0.3, 0.4) is 0 Å². The maximum atomic E-state index is 13.5. The number of carbonyl (C=O) groups is 8. The van der Waals surface area contributed by atoms with Crippen LogP contribution in [0, 0.1) is 66.2 Å². The van der Waals surface area contributed by atoms with E-state index in [-0.39, 0.29) is 135 Å². The summed E-state index contributed by atoms with van der Waals surface area (Å²) >= 11 is 6.07. The number of rotatable bonds is 32. The van der Waals surface area contributed by atoms with Crippen LogP contribution < -0.4 is 0 Å². The van der Waals surface area contributed by atoms with Crippen LogP contribution in [0.4, 0.5) is 0 Å². The van der Waals surface area contributed by atoms with Gasteiger partial charge in [-0.3, -0.25) is 38.4 Å². The fourth-order valence-corrected chi connectivity index (χ4v) is 21.5. The molecular weight excluding hydrogens is 1790 g/mol. The second-order valence-corrected chi connectivity index (χ2v) is 40.0. The molecule has 13 atom stereocenters. The molecule has 4 amide bonds. The van der Waals surface area contributed by atoms with Gasteiger partial charge in [0.1, 0.15) is 28.3 Å². The molecule has 30 nitrogen and oxygen atoms in total. The number of aryl methyl sites for hydroxylation is 10. The van der Waals surface area contributed by atoms with E-state index in [1.807, 2.05) is 153 Å². The van der Waals surface area contributed by atoms with Gasteiger partial charge < -0.3 is 58.0 Å². The fraction of sp³-hybridized carbons (Fsp3) is 0.465. The van der Waals surface area contributed by atoms with Gasteiger partial charge in [-0.1, -0.05) is 168 Å². The number of aliphatic hydroxyl groups is 4. The van der Waals surface area contributed by atoms with E-state index in [9.17, 15) is 58.8 Å². The van der Waals surface area contributed by atoms with Crippen molar-refractivity contribution in [2.24, 2.45) is 17.8 Å². The Hall–Kier alpha value is -11.5. The molecule has 16 rings (SSSR count). The zero-order valence-electron chi connectivity index (χ0n) is 78.9. The maximum Gasteiger partial charge on any atom is 0.239 e. The number of Topliss-reactive ketones (excluding diaryl/α,β-unsaturated/α-hetero) is 4. The van der Waals surface area contributed by atoms with E-state index in [1.54, 1.807) is 89.8 Å². The van der Waals surface area contributed by atoms with Crippen molar-refractivity contribution >= 4 is 92.3 Å². The van der Waals surface area contributed by atoms with Gasteiger partial charge >= 0.3 is 0 Å². The number of oxazole rings is 1. The van der Waals surface area contributed by atoms with E-state index in [0.717, 1.165) is 76.2 Å². The minimum absolute atomic E-state index is 0.00837. The van der Waals surface area contributed by atoms with Gasteiger partial charge in [0.25, 0.3) is 0 Å². The van der Waals surface area contributed by atoms with Gasteiger partial charge in [-0.2, -0.15) is 9.36 Å². The first kappa shape index (κ1) is 101. The Morgan fingerprint density at radius 2 is 0.867 bits per heavy atom. The zero-order chi connectivity index (χ0) is 96.7. The number of likely N-dealkylation sites (tertiary alicyclic amines) is 4. The Balaban J connectivity index is 0.000000152. The molecule has 4 aliphatic rings. The lowest BCUT2D eigenvalue weighted by atomic mass is 9.90. The number of benzene rings is 4. The van der Waals surface area contributed by atoms with Crippen molar-refractivity contribution in [3.05, 3.63) is 223 Å². The predicted octanol–water partition coefficient (Wildman–Crippen LogP) is 16.1. The van der Waals surface area contributed by atoms with Crippen molar-refractivity contribution < 1.29 is 76.8 Å². The number of nitrogens with zero attached hydrogens (tertiary/aromatic N) is 14. The first-order chi connectivity index (χ1) is 64.6. The summed E-state index contributed by atoms with van der Waals surface area (Å²) in [4.78, 5) is 142. The highest BCUT2D eigenvalue weighted by atomic mass is 32.1. The highest BCUT2D eigenvalue weighted by Gasteiger charge is 2.48. The first-order valence-electron chi connectivity index (χ1n) is 46.1. The van der Waals surface area contributed by atoms with Crippen LogP contribution >= 0.6 is 45.5 Å². The third-order valence-electron chi connectivity index (χ3n) is 25.4. The van der Waals surface area contributed by atoms with Crippen LogP contribution in [0.2, 0.25) is 0 Å². The Kier molecular flexibility index (Phi) is 34.3. The molecule has 4 fully saturated rings. The van der Waals surface area contributed by atoms with Crippen molar-refractivity contribution in [1.82, 2.24) is 69.3 Å². The van der Waals surface area contributed by atoms with Gasteiger partial charge in [-0.25, -0.2) is 24.9 Å². The number of aromatic nitrogens is 10. The summed E-state index contributed by atoms with van der Waals surface area (Å²) in [6, 6.07) is 33.4. The smallest absolute Gasteiger partial charge is 0.239 e. The first-order valence-corrected chi connectivity index (χ1v) is 49.5. The third kappa shape index (κ3) is 25.0. The summed E-state index contributed by atoms with van der Waals surface area (Å²) in [5, 5.41) is 53.6. The van der Waals surface area contributed by atoms with Crippen LogP contribution in [-0.4, -0.2) is 211 Å². The van der Waals surface area contributed by atoms with Crippen molar-refractivity contribution in [3.8, 4) is 42.6 Å². The molecule has 4 aromatic carbocycles. The van der Waals surface area contributed by atoms with Crippen LogP contribution in [-0.2, 0) is 57.6 Å². The van der Waals surface area contributed by atoms with Crippen LogP contribution in [0.25, 0.3) is 42.6 Å². The monoisotopic (exact) mass is 1910 g/mol. The molecule has 0 saturated carbocycles. The standard InChI is InChI=1S/C26H31N3O4S.C25H30N4O4S.C25H30N4O3S2.C25H29N3O5/c1-15(2)24(21-11-16(3)33-28-21)26(32)29-13-20(30)12-22(29)23(31)10-7-18-5-8-19(9-6-18)25-17(4)27-14-34-25;1-14(2)22(24-27-16(4)28-33-24)25(32)29-12-19(30)11-20(29)21(31)10-7-17-5-8-18(9-6-17)23-15(3)26-13-34-23;1-14(2)22(24-27-16(4)28-34-24)25(32)29-12-19(30)11-20(29)21(31)10-7-17-5-8-18(9-6-17)23-15(3)26-13-33-23;1-4-20(23-10-16(3)27-33-23)25(31)28-13-19(29)11-21(28)22(30)9-15(2)17-5-7-18(8-6-17)24-12-26-14-32-24/h5-6,8-9,11,14-15,20,22,24,30H,7,10,12-13H2,1-4H3;2*5-6,8-9,13-14,19-20,22,30H,7,10-12H2,1-4H3;5-8,10,12,14-15,19-21,29H,4,9,11,13H2,1-3H3/t20-,22+,24-;2*19-,20+,22-;15-,19-,20-,21+/m1111/s1. The van der Waals surface area contributed by atoms with Crippen LogP contribution in [0.5, 0.6) is 0 Å². The Bertz CT molecular complexity index is 5560. The van der Waals surface area contributed by atoms with Gasteiger partial charge in [0.2, 0.25) is 29.5 Å². The molecule has 12 heterocycles. The van der Waals surface area contributed by atoms with E-state index in [4.69, 9.17) is 18.0 Å². The second kappa shape index (κ2) is 45.9. The van der Waals surface area contributed by atoms with Gasteiger partial charge in [0.15, 0.2) is 41.1 Å². The topological polar surface area (TPSA) is 412 Å². The average molecular weight is 1910 g/mol. The number of hydrogen-bond donors (Lipinski definition) is 4. The quantitative estimate of drug-likeness (QED) is 0.0304. The van der Waals surface area contributed by atoms with Gasteiger partial charge in [-0.05, 0) is 148 Å². The van der Waals surface area contributed by atoms with E-state index in [1.165, 1.54) is 27.7 Å². The average Bonchev–Trinajstić information content (AvgIpc) is 1.69. The summed E-state index contributed by atoms with van der Waals surface area (Å²) in [5.74, 6) is -0.0214. The molecule has 12 aromatic rings. The van der Waals surface area contributed by atoms with Gasteiger partial charge in [-0.15, -0.1) is 34.0 Å². The SMILES string of the molecule is CC[C@@H](C(=O)N1C[C@H](O)C[C@H]1C(=O)C[C@@H](C)c1ccc(-c2cnco2)cc1)c1cc(C)no1.Cc1cc([C@H](C(=O)N2C[C@H](O)C[C@H]2C(=O)CCc2ccc(-c3scnc3C)cc2)C(C)C)no1.Cc1noc([C@H](C(=O)N2C[C@H](O)C[C@H]2C(=O)CCc2ccc(-c3scnc3C)cc2)C(C)C)n1.Cc1nsc([C@H](C(=O)N2C[C@H](O)C[C@H]2C(=O)CCc2ccc(-c3scnc3C)cc2)C(C)C)n1. The number of amides is 4. The molecule has 0 spiro atoms. The molecule has 4 aliphatic heterocycles. The van der Waals surface area contributed by atoms with E-state index in [2.05, 4.69) is 86.1 Å². The molecule has 0 unspecified atom stereocenters. The Morgan fingerprint density at radius 3 is 1.21 bits per heavy atom. The normalized spacial score (nSPS) is 19.3. The molecule has 4 saturated heterocycles. The molecule has 4 N–H and O–H groups in total. The number of thiazole rings is 3. The lowest BCUT2D eigenvalue weighted by Crippen LogP contribution is -2.44. The van der Waals surface area contributed by atoms with E-state index >= 15 is 0 Å². The molecule has 8 aromatic heterocycles. The number of β-amino-alcohol motifs (C(OH)–C–C–N with tert-alkyl or cyclic N) is 4. The lowest BCUT2D eigenvalue weighted by molar-refractivity contribution is -0.140. The maximum absolute atomic E-state index is 13.5. The van der Waals surface area contributed by atoms with E-state index < -0.39 is 72.3 Å². The minimum Gasteiger partial charge on any atom is -0.444 e. The number of aliphatic hydroxyl groups excluding tert-OH is 4. The minimum atomic E-state index is -0.725. The molecule has 0 aliphatic carbocycles. The fourth-order valence-electron chi connectivity index (χ4n) is 18.1. The zero-order valence-corrected chi connectivity index (χ0v) is 82.2. The van der Waals surface area contributed by atoms with Gasteiger partial charge in [0.05, 0.1) is 132 Å². The summed E-state index contributed by atoms with van der Waals surface area (Å²) < 4.78 is 25.3. The summed E-state index contributed by atoms with van der Waals surface area (Å²) in [6.45, 7) is 29.3. The van der Waals surface area contributed by atoms with Crippen molar-refractivity contribution in [2.45, 2.75) is 259 Å². The number of ketones is 4. The molecular formula is C101H120N14O16S4. The molecule has 34 heteroatoms. The van der Waals surface area contributed by atoms with E-state index in [0.29, 0.717) is 90.3 Å². The summed E-state index contributed by atoms with van der Waals surface area (Å²) in [5.41, 5.74) is 18.3. The molecule has 135 heavy (non-hydrogen) atoms. The number of hydrogen-bond acceptors (Lipinski definition) is 30. The largest absolute Gasteiger partial charge is 0.444 e. The van der Waals surface area contributed by atoms with Crippen LogP contribution in [0.15, 0.2) is 156 Å². The summed E-state index contributed by atoms with van der Waals surface area (Å²) in [7, 11) is 0. The van der Waals surface area contributed by atoms with Crippen LogP contribution in [0.1, 0.15) is 228 Å². The second-order valence-electron chi connectivity index (χ2n) is 36.7. The Labute approximate surface area is 802 Å².